The maximum absolute atomic E-state index is 5.58. The molecule has 1 saturated heterocycles. The molecule has 2 heterocycles. The van der Waals surface area contributed by atoms with Crippen LogP contribution in [0.2, 0.25) is 0 Å². The van der Waals surface area contributed by atoms with E-state index in [-0.39, 0.29) is 0 Å². The van der Waals surface area contributed by atoms with E-state index in [1.54, 1.807) is 0 Å². The summed E-state index contributed by atoms with van der Waals surface area (Å²) in [6, 6.07) is 2.09. The standard InChI is InChI=1S/C11H18N4/c1-8-5-10(14-11(6-12)13-8)9-3-4-15(2)7-9/h5,9H,3-4,6-7,12H2,1-2H3. The van der Waals surface area contributed by atoms with Gasteiger partial charge in [0.05, 0.1) is 6.54 Å². The summed E-state index contributed by atoms with van der Waals surface area (Å²) in [4.78, 5) is 11.1. The second kappa shape index (κ2) is 4.24. The van der Waals surface area contributed by atoms with Gasteiger partial charge in [-0.05, 0) is 33.0 Å². The summed E-state index contributed by atoms with van der Waals surface area (Å²) in [6.45, 7) is 4.69. The molecule has 2 rings (SSSR count). The van der Waals surface area contributed by atoms with E-state index in [1.165, 1.54) is 6.42 Å². The molecule has 1 aromatic rings. The maximum atomic E-state index is 5.58. The van der Waals surface area contributed by atoms with Crippen molar-refractivity contribution in [1.82, 2.24) is 14.9 Å². The third kappa shape index (κ3) is 2.33. The third-order valence-electron chi connectivity index (χ3n) is 2.91. The van der Waals surface area contributed by atoms with E-state index in [9.17, 15) is 0 Å². The summed E-state index contributed by atoms with van der Waals surface area (Å²) in [5.41, 5.74) is 7.76. The lowest BCUT2D eigenvalue weighted by atomic mass is 10.0. The molecule has 1 unspecified atom stereocenters. The van der Waals surface area contributed by atoms with Gasteiger partial charge in [-0.3, -0.25) is 0 Å². The van der Waals surface area contributed by atoms with Crippen molar-refractivity contribution in [1.29, 1.82) is 0 Å². The Labute approximate surface area is 90.5 Å². The molecule has 0 saturated carbocycles. The molecule has 0 amide bonds. The van der Waals surface area contributed by atoms with Gasteiger partial charge in [-0.1, -0.05) is 0 Å². The van der Waals surface area contributed by atoms with E-state index in [4.69, 9.17) is 5.73 Å². The molecular formula is C11H18N4. The van der Waals surface area contributed by atoms with Crippen LogP contribution in [-0.4, -0.2) is 35.0 Å². The van der Waals surface area contributed by atoms with Gasteiger partial charge in [-0.2, -0.15) is 0 Å². The highest BCUT2D eigenvalue weighted by Crippen LogP contribution is 2.24. The molecule has 0 bridgehead atoms. The number of aryl methyl sites for hydroxylation is 1. The van der Waals surface area contributed by atoms with Gasteiger partial charge >= 0.3 is 0 Å². The number of likely N-dealkylation sites (tertiary alicyclic amines) is 1. The molecule has 0 radical (unpaired) electrons. The number of aromatic nitrogens is 2. The predicted molar refractivity (Wildman–Crippen MR) is 59.5 cm³/mol. The lowest BCUT2D eigenvalue weighted by Crippen LogP contribution is -2.15. The van der Waals surface area contributed by atoms with Crippen LogP contribution in [0.5, 0.6) is 0 Å². The fourth-order valence-electron chi connectivity index (χ4n) is 2.13. The van der Waals surface area contributed by atoms with Crippen molar-refractivity contribution < 1.29 is 0 Å². The van der Waals surface area contributed by atoms with Crippen LogP contribution in [0.15, 0.2) is 6.07 Å². The highest BCUT2D eigenvalue weighted by Gasteiger charge is 2.22. The van der Waals surface area contributed by atoms with Crippen molar-refractivity contribution in [3.8, 4) is 0 Å². The number of likely N-dealkylation sites (N-methyl/N-ethyl adjacent to an activating group) is 1. The van der Waals surface area contributed by atoms with E-state index < -0.39 is 0 Å². The molecule has 1 aromatic heterocycles. The first kappa shape index (κ1) is 10.5. The Hall–Kier alpha value is -1.00. The summed E-state index contributed by atoms with van der Waals surface area (Å²) < 4.78 is 0. The maximum Gasteiger partial charge on any atom is 0.142 e. The number of hydrogen-bond donors (Lipinski definition) is 1. The van der Waals surface area contributed by atoms with Crippen LogP contribution >= 0.6 is 0 Å². The number of nitrogens with two attached hydrogens (primary N) is 1. The number of hydrogen-bond acceptors (Lipinski definition) is 4. The van der Waals surface area contributed by atoms with Gasteiger partial charge < -0.3 is 10.6 Å². The monoisotopic (exact) mass is 206 g/mol. The van der Waals surface area contributed by atoms with E-state index in [0.29, 0.717) is 12.5 Å². The van der Waals surface area contributed by atoms with Crippen molar-refractivity contribution in [2.24, 2.45) is 5.73 Å². The lowest BCUT2D eigenvalue weighted by Gasteiger charge is -2.11. The van der Waals surface area contributed by atoms with Crippen LogP contribution in [0.3, 0.4) is 0 Å². The van der Waals surface area contributed by atoms with Crippen LogP contribution in [0.4, 0.5) is 0 Å². The highest BCUT2D eigenvalue weighted by atomic mass is 15.1. The molecule has 1 aliphatic heterocycles. The van der Waals surface area contributed by atoms with Crippen molar-refractivity contribution in [3.63, 3.8) is 0 Å². The molecule has 1 aliphatic rings. The van der Waals surface area contributed by atoms with E-state index >= 15 is 0 Å². The van der Waals surface area contributed by atoms with Gasteiger partial charge in [-0.15, -0.1) is 0 Å². The van der Waals surface area contributed by atoms with Gasteiger partial charge in [0.25, 0.3) is 0 Å². The molecule has 4 heteroatoms. The van der Waals surface area contributed by atoms with Gasteiger partial charge in [0.1, 0.15) is 5.82 Å². The molecule has 0 spiro atoms. The first-order valence-corrected chi connectivity index (χ1v) is 5.42. The highest BCUT2D eigenvalue weighted by molar-refractivity contribution is 5.16. The van der Waals surface area contributed by atoms with Gasteiger partial charge in [0, 0.05) is 23.9 Å². The third-order valence-corrected chi connectivity index (χ3v) is 2.91. The fraction of sp³-hybridized carbons (Fsp3) is 0.636. The molecule has 82 valence electrons. The fourth-order valence-corrected chi connectivity index (χ4v) is 2.13. The van der Waals surface area contributed by atoms with Gasteiger partial charge in [-0.25, -0.2) is 9.97 Å². The zero-order valence-electron chi connectivity index (χ0n) is 9.40. The largest absolute Gasteiger partial charge is 0.324 e. The summed E-state index contributed by atoms with van der Waals surface area (Å²) in [5, 5.41) is 0. The molecule has 1 atom stereocenters. The molecule has 0 aromatic carbocycles. The summed E-state index contributed by atoms with van der Waals surface area (Å²) in [5.74, 6) is 1.32. The molecule has 2 N–H and O–H groups in total. The van der Waals surface area contributed by atoms with Crippen molar-refractivity contribution in [2.45, 2.75) is 25.8 Å². The van der Waals surface area contributed by atoms with Crippen LogP contribution in [0.1, 0.15) is 29.6 Å². The average Bonchev–Trinajstić information content (AvgIpc) is 2.64. The normalized spacial score (nSPS) is 22.2. The Balaban J connectivity index is 2.24. The quantitative estimate of drug-likeness (QED) is 0.772. The first-order valence-electron chi connectivity index (χ1n) is 5.42. The smallest absolute Gasteiger partial charge is 0.142 e. The first-order chi connectivity index (χ1) is 7.19. The molecule has 1 fully saturated rings. The Morgan fingerprint density at radius 3 is 2.93 bits per heavy atom. The number of nitrogens with zero attached hydrogens (tertiary/aromatic N) is 3. The Morgan fingerprint density at radius 2 is 2.33 bits per heavy atom. The topological polar surface area (TPSA) is 55.0 Å². The summed E-state index contributed by atoms with van der Waals surface area (Å²) in [6.07, 6.45) is 1.19. The molecule has 4 nitrogen and oxygen atoms in total. The van der Waals surface area contributed by atoms with E-state index in [2.05, 4.69) is 28.0 Å². The van der Waals surface area contributed by atoms with E-state index in [1.807, 2.05) is 6.92 Å². The van der Waals surface area contributed by atoms with Crippen LogP contribution in [0, 0.1) is 6.92 Å². The van der Waals surface area contributed by atoms with E-state index in [0.717, 1.165) is 30.3 Å². The van der Waals surface area contributed by atoms with Crippen LogP contribution in [0.25, 0.3) is 0 Å². The Morgan fingerprint density at radius 1 is 1.53 bits per heavy atom. The SMILES string of the molecule is Cc1cc(C2CCN(C)C2)nc(CN)n1. The van der Waals surface area contributed by atoms with Crippen molar-refractivity contribution in [3.05, 3.63) is 23.3 Å². The van der Waals surface area contributed by atoms with Crippen molar-refractivity contribution in [2.75, 3.05) is 20.1 Å². The molecule has 15 heavy (non-hydrogen) atoms. The Kier molecular flexibility index (Phi) is 2.98. The summed E-state index contributed by atoms with van der Waals surface area (Å²) >= 11 is 0. The minimum absolute atomic E-state index is 0.428. The predicted octanol–water partition coefficient (Wildman–Crippen LogP) is 0.663. The minimum Gasteiger partial charge on any atom is -0.324 e. The van der Waals surface area contributed by atoms with Gasteiger partial charge in [0.15, 0.2) is 0 Å². The number of rotatable bonds is 2. The minimum atomic E-state index is 0.428. The lowest BCUT2D eigenvalue weighted by molar-refractivity contribution is 0.410. The zero-order chi connectivity index (χ0) is 10.8. The Bertz CT molecular complexity index is 350. The zero-order valence-corrected chi connectivity index (χ0v) is 9.40. The van der Waals surface area contributed by atoms with Crippen LogP contribution in [-0.2, 0) is 6.54 Å². The summed E-state index contributed by atoms with van der Waals surface area (Å²) in [7, 11) is 2.15. The second-order valence-electron chi connectivity index (χ2n) is 4.30. The molecule has 0 aliphatic carbocycles. The van der Waals surface area contributed by atoms with Gasteiger partial charge in [0.2, 0.25) is 0 Å². The molecular weight excluding hydrogens is 188 g/mol. The van der Waals surface area contributed by atoms with Crippen molar-refractivity contribution >= 4 is 0 Å². The van der Waals surface area contributed by atoms with Crippen LogP contribution < -0.4 is 5.73 Å². The average molecular weight is 206 g/mol. The second-order valence-corrected chi connectivity index (χ2v) is 4.30.